The van der Waals surface area contributed by atoms with Crippen LogP contribution in [-0.2, 0) is 4.74 Å². The average molecular weight is 417 g/mol. The van der Waals surface area contributed by atoms with Gasteiger partial charge >= 0.3 is 12.0 Å². The fourth-order valence-electron chi connectivity index (χ4n) is 3.25. The van der Waals surface area contributed by atoms with Crippen molar-refractivity contribution >= 4 is 17.7 Å². The van der Waals surface area contributed by atoms with Gasteiger partial charge in [-0.15, -0.1) is 0 Å². The number of ether oxygens (including phenoxy) is 1. The smallest absolute Gasteiger partial charge is 0.338 e. The molecule has 0 spiro atoms. The second-order valence-corrected chi connectivity index (χ2v) is 7.28. The van der Waals surface area contributed by atoms with E-state index >= 15 is 0 Å². The first kappa shape index (κ1) is 22.1. The van der Waals surface area contributed by atoms with Gasteiger partial charge in [-0.3, -0.25) is 0 Å². The molecule has 3 aromatic rings. The van der Waals surface area contributed by atoms with Crippen LogP contribution in [0.15, 0.2) is 84.9 Å². The Morgan fingerprint density at radius 2 is 1.42 bits per heavy atom. The second-order valence-electron chi connectivity index (χ2n) is 7.28. The van der Waals surface area contributed by atoms with Crippen molar-refractivity contribution in [2.24, 2.45) is 0 Å². The molecule has 160 valence electrons. The zero-order valence-corrected chi connectivity index (χ0v) is 17.7. The Morgan fingerprint density at radius 1 is 0.839 bits per heavy atom. The van der Waals surface area contributed by atoms with Gasteiger partial charge in [-0.2, -0.15) is 0 Å². The Hall–Kier alpha value is -3.60. The molecular formula is C26H28N2O3. The number of amides is 2. The van der Waals surface area contributed by atoms with Crippen molar-refractivity contribution in [1.29, 1.82) is 0 Å². The van der Waals surface area contributed by atoms with Gasteiger partial charge in [0.2, 0.25) is 0 Å². The van der Waals surface area contributed by atoms with E-state index in [0.29, 0.717) is 24.4 Å². The first-order valence-corrected chi connectivity index (χ1v) is 10.6. The van der Waals surface area contributed by atoms with Gasteiger partial charge < -0.3 is 15.4 Å². The molecule has 0 heterocycles. The van der Waals surface area contributed by atoms with E-state index in [4.69, 9.17) is 4.74 Å². The molecule has 0 aliphatic rings. The first-order valence-electron chi connectivity index (χ1n) is 10.6. The maximum absolute atomic E-state index is 12.5. The van der Waals surface area contributed by atoms with Gasteiger partial charge in [0, 0.05) is 18.2 Å². The molecule has 0 fully saturated rings. The molecular weight excluding hydrogens is 388 g/mol. The van der Waals surface area contributed by atoms with E-state index in [0.717, 1.165) is 24.0 Å². The van der Waals surface area contributed by atoms with Crippen LogP contribution in [0.3, 0.4) is 0 Å². The maximum atomic E-state index is 12.5. The third-order valence-electron chi connectivity index (χ3n) is 4.98. The summed E-state index contributed by atoms with van der Waals surface area (Å²) in [7, 11) is 0. The number of rotatable bonds is 9. The molecule has 0 aliphatic carbocycles. The number of urea groups is 1. The summed E-state index contributed by atoms with van der Waals surface area (Å²) in [4.78, 5) is 24.4. The summed E-state index contributed by atoms with van der Waals surface area (Å²) < 4.78 is 5.20. The molecule has 5 heteroatoms. The van der Waals surface area contributed by atoms with Crippen molar-refractivity contribution in [3.63, 3.8) is 0 Å². The molecule has 0 bridgehead atoms. The number of hydrogen-bond donors (Lipinski definition) is 2. The lowest BCUT2D eigenvalue weighted by Gasteiger charge is -2.19. The average Bonchev–Trinajstić information content (AvgIpc) is 2.81. The van der Waals surface area contributed by atoms with Gasteiger partial charge in [0.25, 0.3) is 0 Å². The molecule has 2 amide bonds. The summed E-state index contributed by atoms with van der Waals surface area (Å²) in [6, 6.07) is 26.6. The highest BCUT2D eigenvalue weighted by atomic mass is 16.5. The highest BCUT2D eigenvalue weighted by molar-refractivity contribution is 5.92. The van der Waals surface area contributed by atoms with Crippen LogP contribution < -0.4 is 10.6 Å². The van der Waals surface area contributed by atoms with Crippen LogP contribution in [0, 0.1) is 0 Å². The monoisotopic (exact) mass is 416 g/mol. The number of hydrogen-bond acceptors (Lipinski definition) is 3. The second kappa shape index (κ2) is 11.6. The minimum Gasteiger partial charge on any atom is -0.462 e. The van der Waals surface area contributed by atoms with Crippen molar-refractivity contribution in [2.75, 3.05) is 18.5 Å². The summed E-state index contributed by atoms with van der Waals surface area (Å²) in [6.07, 6.45) is 1.82. The van der Waals surface area contributed by atoms with Crippen LogP contribution in [0.2, 0.25) is 0 Å². The lowest BCUT2D eigenvalue weighted by molar-refractivity contribution is 0.0500. The molecule has 0 saturated carbocycles. The van der Waals surface area contributed by atoms with E-state index in [2.05, 4.69) is 34.9 Å². The first-order chi connectivity index (χ1) is 15.2. The van der Waals surface area contributed by atoms with Gasteiger partial charge in [-0.05, 0) is 41.8 Å². The zero-order valence-electron chi connectivity index (χ0n) is 17.7. The van der Waals surface area contributed by atoms with Crippen LogP contribution in [0.25, 0.3) is 0 Å². The van der Waals surface area contributed by atoms with Gasteiger partial charge in [0.1, 0.15) is 0 Å². The van der Waals surface area contributed by atoms with Crippen LogP contribution in [0.1, 0.15) is 47.2 Å². The standard InChI is InChI=1S/C26H28N2O3/c1-2-3-18-31-25(29)22-14-16-23(17-15-22)28-26(30)27-19-24(20-10-6-4-7-11-20)21-12-8-5-9-13-21/h4-17,24H,2-3,18-19H2,1H3,(H2,27,28,30). The number of esters is 1. The van der Waals surface area contributed by atoms with Crippen LogP contribution in [0.5, 0.6) is 0 Å². The molecule has 0 atom stereocenters. The number of anilines is 1. The molecule has 31 heavy (non-hydrogen) atoms. The molecule has 3 aromatic carbocycles. The van der Waals surface area contributed by atoms with Gasteiger partial charge in [-0.1, -0.05) is 74.0 Å². The molecule has 0 saturated heterocycles. The number of carbonyl (C=O) groups excluding carboxylic acids is 2. The molecule has 3 rings (SSSR count). The predicted octanol–water partition coefficient (Wildman–Crippen LogP) is 5.60. The van der Waals surface area contributed by atoms with Crippen molar-refractivity contribution in [3.8, 4) is 0 Å². The van der Waals surface area contributed by atoms with Gasteiger partial charge in [-0.25, -0.2) is 9.59 Å². The summed E-state index contributed by atoms with van der Waals surface area (Å²) >= 11 is 0. The van der Waals surface area contributed by atoms with E-state index in [1.807, 2.05) is 43.3 Å². The highest BCUT2D eigenvalue weighted by Gasteiger charge is 2.15. The van der Waals surface area contributed by atoms with Crippen molar-refractivity contribution < 1.29 is 14.3 Å². The fraction of sp³-hybridized carbons (Fsp3) is 0.231. The lowest BCUT2D eigenvalue weighted by Crippen LogP contribution is -2.32. The van der Waals surface area contributed by atoms with Crippen LogP contribution in [0.4, 0.5) is 10.5 Å². The Kier molecular flexibility index (Phi) is 8.23. The Labute approximate surface area is 183 Å². The molecule has 0 aromatic heterocycles. The Balaban J connectivity index is 1.57. The van der Waals surface area contributed by atoms with Crippen molar-refractivity contribution in [3.05, 3.63) is 102 Å². The minimum absolute atomic E-state index is 0.0495. The van der Waals surface area contributed by atoms with Crippen LogP contribution >= 0.6 is 0 Å². The minimum atomic E-state index is -0.349. The van der Waals surface area contributed by atoms with Gasteiger partial charge in [0.15, 0.2) is 0 Å². The van der Waals surface area contributed by atoms with E-state index in [9.17, 15) is 9.59 Å². The summed E-state index contributed by atoms with van der Waals surface area (Å²) in [6.45, 7) is 2.92. The third kappa shape index (κ3) is 6.71. The molecule has 0 aliphatic heterocycles. The summed E-state index contributed by atoms with van der Waals surface area (Å²) in [5.41, 5.74) is 3.36. The van der Waals surface area contributed by atoms with E-state index in [1.165, 1.54) is 0 Å². The number of benzene rings is 3. The topological polar surface area (TPSA) is 67.4 Å². The number of nitrogens with one attached hydrogen (secondary N) is 2. The van der Waals surface area contributed by atoms with E-state index in [-0.39, 0.29) is 17.9 Å². The molecule has 0 radical (unpaired) electrons. The third-order valence-corrected chi connectivity index (χ3v) is 4.98. The number of carbonyl (C=O) groups is 2. The normalized spacial score (nSPS) is 10.5. The fourth-order valence-corrected chi connectivity index (χ4v) is 3.25. The molecule has 5 nitrogen and oxygen atoms in total. The molecule has 2 N–H and O–H groups in total. The van der Waals surface area contributed by atoms with E-state index in [1.54, 1.807) is 24.3 Å². The quantitative estimate of drug-likeness (QED) is 0.353. The van der Waals surface area contributed by atoms with Gasteiger partial charge in [0.05, 0.1) is 12.2 Å². The lowest BCUT2D eigenvalue weighted by atomic mass is 9.91. The summed E-state index contributed by atoms with van der Waals surface area (Å²) in [5.74, 6) is -0.300. The van der Waals surface area contributed by atoms with Crippen molar-refractivity contribution in [1.82, 2.24) is 5.32 Å². The zero-order chi connectivity index (χ0) is 21.9. The highest BCUT2D eigenvalue weighted by Crippen LogP contribution is 2.23. The predicted molar refractivity (Wildman–Crippen MR) is 123 cm³/mol. The van der Waals surface area contributed by atoms with Crippen LogP contribution in [-0.4, -0.2) is 25.2 Å². The maximum Gasteiger partial charge on any atom is 0.338 e. The molecule has 0 unspecified atom stereocenters. The van der Waals surface area contributed by atoms with Crippen molar-refractivity contribution in [2.45, 2.75) is 25.7 Å². The Morgan fingerprint density at radius 3 is 1.97 bits per heavy atom. The number of unbranched alkanes of at least 4 members (excludes halogenated alkanes) is 1. The van der Waals surface area contributed by atoms with E-state index < -0.39 is 0 Å². The largest absolute Gasteiger partial charge is 0.462 e. The SMILES string of the molecule is CCCCOC(=O)c1ccc(NC(=O)NCC(c2ccccc2)c2ccccc2)cc1. The Bertz CT molecular complexity index is 917. The summed E-state index contributed by atoms with van der Waals surface area (Å²) in [5, 5.41) is 5.77.